The molecule has 1 aromatic carbocycles. The molecule has 2 aliphatic heterocycles. The standard InChI is InChI=1S/C19H24FN3O3/c1-19(2,3)26-18(24)23-7-6-22-11-17(25-12-15(22)10-23)13-4-5-14(9-21)16(20)8-13/h4-5,8,15,17H,6-7,10-12H2,1-3H3/t15-,17+/m0/s1. The molecule has 0 spiro atoms. The van der Waals surface area contributed by atoms with Crippen LogP contribution in [0.25, 0.3) is 0 Å². The SMILES string of the molecule is CC(C)(C)OC(=O)N1CCN2C[C@H](c3ccc(C#N)c(F)c3)OC[C@@H]2C1. The fourth-order valence-electron chi connectivity index (χ4n) is 3.30. The van der Waals surface area contributed by atoms with Crippen molar-refractivity contribution in [3.8, 4) is 6.07 Å². The Morgan fingerprint density at radius 1 is 1.35 bits per heavy atom. The van der Waals surface area contributed by atoms with Gasteiger partial charge in [-0.05, 0) is 38.5 Å². The molecule has 2 saturated heterocycles. The van der Waals surface area contributed by atoms with Crippen molar-refractivity contribution < 1.29 is 18.7 Å². The summed E-state index contributed by atoms with van der Waals surface area (Å²) in [6, 6.07) is 6.54. The number of hydrogen-bond acceptors (Lipinski definition) is 5. The van der Waals surface area contributed by atoms with Gasteiger partial charge < -0.3 is 14.4 Å². The third-order valence-corrected chi connectivity index (χ3v) is 4.63. The lowest BCUT2D eigenvalue weighted by molar-refractivity contribution is -0.0907. The molecule has 1 aromatic rings. The zero-order chi connectivity index (χ0) is 18.9. The molecule has 26 heavy (non-hydrogen) atoms. The second kappa shape index (κ2) is 7.22. The van der Waals surface area contributed by atoms with Crippen LogP contribution in [0.1, 0.15) is 38.0 Å². The van der Waals surface area contributed by atoms with E-state index in [1.165, 1.54) is 12.1 Å². The minimum absolute atomic E-state index is 0.0356. The van der Waals surface area contributed by atoms with E-state index < -0.39 is 11.4 Å². The third-order valence-electron chi connectivity index (χ3n) is 4.63. The monoisotopic (exact) mass is 361 g/mol. The molecular formula is C19H24FN3O3. The minimum Gasteiger partial charge on any atom is -0.444 e. The van der Waals surface area contributed by atoms with Crippen molar-refractivity contribution in [2.45, 2.75) is 38.5 Å². The number of fused-ring (bicyclic) bond motifs is 1. The number of morpholine rings is 1. The van der Waals surface area contributed by atoms with E-state index in [0.29, 0.717) is 26.2 Å². The van der Waals surface area contributed by atoms with E-state index in [0.717, 1.165) is 12.1 Å². The highest BCUT2D eigenvalue weighted by Crippen LogP contribution is 2.28. The number of nitrogens with zero attached hydrogens (tertiary/aromatic N) is 3. The first-order chi connectivity index (χ1) is 12.3. The second-order valence-electron chi connectivity index (χ2n) is 7.75. The molecule has 140 valence electrons. The number of piperazine rings is 1. The number of carbonyl (C=O) groups is 1. The van der Waals surface area contributed by atoms with Gasteiger partial charge in [0.2, 0.25) is 0 Å². The third kappa shape index (κ3) is 4.14. The molecule has 0 saturated carbocycles. The van der Waals surface area contributed by atoms with Crippen LogP contribution in [0.5, 0.6) is 0 Å². The van der Waals surface area contributed by atoms with Crippen LogP contribution in [-0.2, 0) is 9.47 Å². The summed E-state index contributed by atoms with van der Waals surface area (Å²) >= 11 is 0. The van der Waals surface area contributed by atoms with Crippen LogP contribution in [0.15, 0.2) is 18.2 Å². The van der Waals surface area contributed by atoms with Gasteiger partial charge in [0.15, 0.2) is 0 Å². The Hall–Kier alpha value is -2.17. The highest BCUT2D eigenvalue weighted by Gasteiger charge is 2.36. The lowest BCUT2D eigenvalue weighted by Gasteiger charge is -2.46. The summed E-state index contributed by atoms with van der Waals surface area (Å²) in [6.45, 7) is 8.54. The van der Waals surface area contributed by atoms with Crippen molar-refractivity contribution in [1.82, 2.24) is 9.80 Å². The fourth-order valence-corrected chi connectivity index (χ4v) is 3.30. The molecule has 6 nitrogen and oxygen atoms in total. The van der Waals surface area contributed by atoms with Crippen LogP contribution in [-0.4, -0.2) is 60.3 Å². The van der Waals surface area contributed by atoms with E-state index in [-0.39, 0.29) is 23.8 Å². The summed E-state index contributed by atoms with van der Waals surface area (Å²) in [5.41, 5.74) is 0.255. The average Bonchev–Trinajstić information content (AvgIpc) is 2.59. The number of rotatable bonds is 1. The number of nitriles is 1. The van der Waals surface area contributed by atoms with E-state index in [1.54, 1.807) is 11.0 Å². The number of hydrogen-bond donors (Lipinski definition) is 0. The minimum atomic E-state index is -0.523. The Balaban J connectivity index is 1.61. The van der Waals surface area contributed by atoms with Crippen molar-refractivity contribution in [2.24, 2.45) is 0 Å². The second-order valence-corrected chi connectivity index (χ2v) is 7.75. The number of amides is 1. The van der Waals surface area contributed by atoms with Gasteiger partial charge in [-0.1, -0.05) is 6.07 Å². The first-order valence-electron chi connectivity index (χ1n) is 8.80. The molecule has 2 heterocycles. The van der Waals surface area contributed by atoms with Crippen molar-refractivity contribution in [1.29, 1.82) is 5.26 Å². The number of carbonyl (C=O) groups excluding carboxylic acids is 1. The molecule has 2 fully saturated rings. The summed E-state index contributed by atoms with van der Waals surface area (Å²) in [5.74, 6) is -0.523. The van der Waals surface area contributed by atoms with Crippen LogP contribution >= 0.6 is 0 Å². The van der Waals surface area contributed by atoms with Crippen LogP contribution in [0.4, 0.5) is 9.18 Å². The van der Waals surface area contributed by atoms with E-state index in [4.69, 9.17) is 14.7 Å². The maximum Gasteiger partial charge on any atom is 0.410 e. The van der Waals surface area contributed by atoms with Gasteiger partial charge in [0, 0.05) is 26.2 Å². The van der Waals surface area contributed by atoms with E-state index in [9.17, 15) is 9.18 Å². The molecule has 0 aromatic heterocycles. The Bertz CT molecular complexity index is 726. The number of ether oxygens (including phenoxy) is 2. The summed E-state index contributed by atoms with van der Waals surface area (Å²) in [4.78, 5) is 16.2. The quantitative estimate of drug-likeness (QED) is 0.769. The Morgan fingerprint density at radius 2 is 2.12 bits per heavy atom. The molecule has 0 N–H and O–H groups in total. The van der Waals surface area contributed by atoms with Gasteiger partial charge >= 0.3 is 6.09 Å². The zero-order valence-electron chi connectivity index (χ0n) is 15.4. The van der Waals surface area contributed by atoms with Crippen molar-refractivity contribution in [3.63, 3.8) is 0 Å². The molecule has 0 unspecified atom stereocenters. The Kier molecular flexibility index (Phi) is 5.17. The maximum atomic E-state index is 13.9. The zero-order valence-corrected chi connectivity index (χ0v) is 15.4. The van der Waals surface area contributed by atoms with Gasteiger partial charge in [-0.25, -0.2) is 9.18 Å². The van der Waals surface area contributed by atoms with Crippen LogP contribution in [0.3, 0.4) is 0 Å². The van der Waals surface area contributed by atoms with Gasteiger partial charge in [0.1, 0.15) is 17.5 Å². The predicted molar refractivity (Wildman–Crippen MR) is 93.0 cm³/mol. The molecule has 0 bridgehead atoms. The number of benzene rings is 1. The summed E-state index contributed by atoms with van der Waals surface area (Å²) in [5, 5.41) is 8.84. The van der Waals surface area contributed by atoms with Crippen LogP contribution in [0, 0.1) is 17.1 Å². The number of halogens is 1. The van der Waals surface area contributed by atoms with Crippen LogP contribution in [0.2, 0.25) is 0 Å². The van der Waals surface area contributed by atoms with Gasteiger partial charge in [0.25, 0.3) is 0 Å². The molecule has 7 heteroatoms. The van der Waals surface area contributed by atoms with E-state index >= 15 is 0 Å². The maximum absolute atomic E-state index is 13.9. The first kappa shape index (κ1) is 18.6. The predicted octanol–water partition coefficient (Wildman–Crippen LogP) is 2.69. The highest BCUT2D eigenvalue weighted by atomic mass is 19.1. The van der Waals surface area contributed by atoms with Gasteiger partial charge in [0.05, 0.1) is 24.3 Å². The van der Waals surface area contributed by atoms with Gasteiger partial charge in [-0.2, -0.15) is 5.26 Å². The molecule has 2 atom stereocenters. The van der Waals surface area contributed by atoms with E-state index in [2.05, 4.69) is 4.90 Å². The van der Waals surface area contributed by atoms with Crippen LogP contribution < -0.4 is 0 Å². The Morgan fingerprint density at radius 3 is 2.77 bits per heavy atom. The molecule has 0 radical (unpaired) electrons. The average molecular weight is 361 g/mol. The normalized spacial score (nSPS) is 23.9. The summed E-state index contributed by atoms with van der Waals surface area (Å²) in [7, 11) is 0. The summed E-state index contributed by atoms with van der Waals surface area (Å²) in [6.07, 6.45) is -0.532. The lowest BCUT2D eigenvalue weighted by atomic mass is 10.0. The summed E-state index contributed by atoms with van der Waals surface area (Å²) < 4.78 is 25.2. The fraction of sp³-hybridized carbons (Fsp3) is 0.579. The smallest absolute Gasteiger partial charge is 0.410 e. The molecule has 1 amide bonds. The molecule has 2 aliphatic rings. The molecule has 0 aliphatic carbocycles. The topological polar surface area (TPSA) is 65.8 Å². The molecule has 3 rings (SSSR count). The van der Waals surface area contributed by atoms with E-state index in [1.807, 2.05) is 26.8 Å². The van der Waals surface area contributed by atoms with Gasteiger partial charge in [-0.15, -0.1) is 0 Å². The van der Waals surface area contributed by atoms with Crippen molar-refractivity contribution in [3.05, 3.63) is 35.1 Å². The highest BCUT2D eigenvalue weighted by molar-refractivity contribution is 5.68. The van der Waals surface area contributed by atoms with Crippen molar-refractivity contribution >= 4 is 6.09 Å². The van der Waals surface area contributed by atoms with Crippen molar-refractivity contribution in [2.75, 3.05) is 32.8 Å². The van der Waals surface area contributed by atoms with Gasteiger partial charge in [-0.3, -0.25) is 4.90 Å². The lowest BCUT2D eigenvalue weighted by Crippen LogP contribution is -2.60. The first-order valence-corrected chi connectivity index (χ1v) is 8.80. The largest absolute Gasteiger partial charge is 0.444 e. The Labute approximate surface area is 153 Å². The molecular weight excluding hydrogens is 337 g/mol.